The van der Waals surface area contributed by atoms with Crippen LogP contribution in [-0.4, -0.2) is 23.9 Å². The fraction of sp³-hybridized carbons (Fsp3) is 0.800. The van der Waals surface area contributed by atoms with Crippen LogP contribution in [0.2, 0.25) is 0 Å². The molecular weight excluding hydrogens is 180 g/mol. The first-order valence-corrected chi connectivity index (χ1v) is 5.06. The zero-order chi connectivity index (χ0) is 10.7. The summed E-state index contributed by atoms with van der Waals surface area (Å²) in [5, 5.41) is 5.75. The van der Waals surface area contributed by atoms with Crippen LogP contribution in [0.5, 0.6) is 0 Å². The van der Waals surface area contributed by atoms with Crippen molar-refractivity contribution in [1.82, 2.24) is 10.6 Å². The molecule has 4 heteroatoms. The zero-order valence-electron chi connectivity index (χ0n) is 8.96. The number of rotatable bonds is 3. The average molecular weight is 198 g/mol. The molecule has 1 saturated carbocycles. The fourth-order valence-corrected chi connectivity index (χ4v) is 1.51. The molecule has 0 bridgehead atoms. The molecule has 0 aromatic heterocycles. The highest BCUT2D eigenvalue weighted by molar-refractivity contribution is 5.78. The fourth-order valence-electron chi connectivity index (χ4n) is 1.51. The molecule has 0 atom stereocenters. The largest absolute Gasteiger partial charge is 0.353 e. The maximum Gasteiger partial charge on any atom is 0.222 e. The molecule has 0 saturated heterocycles. The Kier molecular flexibility index (Phi) is 3.49. The van der Waals surface area contributed by atoms with Crippen LogP contribution in [0, 0.1) is 5.92 Å². The van der Waals surface area contributed by atoms with E-state index in [9.17, 15) is 9.59 Å². The van der Waals surface area contributed by atoms with E-state index < -0.39 is 0 Å². The second-order valence-corrected chi connectivity index (χ2v) is 4.23. The van der Waals surface area contributed by atoms with Gasteiger partial charge in [-0.3, -0.25) is 9.59 Å². The summed E-state index contributed by atoms with van der Waals surface area (Å²) in [6.45, 7) is 5.26. The van der Waals surface area contributed by atoms with Gasteiger partial charge in [0.25, 0.3) is 0 Å². The summed E-state index contributed by atoms with van der Waals surface area (Å²) in [4.78, 5) is 22.0. The molecule has 0 radical (unpaired) electrons. The van der Waals surface area contributed by atoms with Gasteiger partial charge >= 0.3 is 0 Å². The Bertz CT molecular complexity index is 232. The predicted molar refractivity (Wildman–Crippen MR) is 53.6 cm³/mol. The second kappa shape index (κ2) is 4.44. The topological polar surface area (TPSA) is 58.2 Å². The minimum Gasteiger partial charge on any atom is -0.353 e. The van der Waals surface area contributed by atoms with Crippen LogP contribution in [0.3, 0.4) is 0 Å². The lowest BCUT2D eigenvalue weighted by Crippen LogP contribution is -2.54. The van der Waals surface area contributed by atoms with Gasteiger partial charge in [-0.2, -0.15) is 0 Å². The van der Waals surface area contributed by atoms with Crippen LogP contribution in [0.15, 0.2) is 0 Å². The Morgan fingerprint density at radius 1 is 1.14 bits per heavy atom. The van der Waals surface area contributed by atoms with E-state index in [-0.39, 0.29) is 29.8 Å². The predicted octanol–water partition coefficient (Wildman–Crippen LogP) is 0.426. The van der Waals surface area contributed by atoms with E-state index in [1.807, 2.05) is 13.8 Å². The third kappa shape index (κ3) is 3.01. The Balaban J connectivity index is 2.16. The molecule has 1 rings (SSSR count). The monoisotopic (exact) mass is 198 g/mol. The normalized spacial score (nSPS) is 25.4. The highest BCUT2D eigenvalue weighted by Crippen LogP contribution is 2.20. The third-order valence-electron chi connectivity index (χ3n) is 2.42. The van der Waals surface area contributed by atoms with E-state index in [4.69, 9.17) is 0 Å². The quantitative estimate of drug-likeness (QED) is 0.690. The molecule has 0 aliphatic heterocycles. The van der Waals surface area contributed by atoms with Gasteiger partial charge in [-0.25, -0.2) is 0 Å². The molecule has 1 fully saturated rings. The standard InChI is InChI=1S/C10H18N2O2/c1-6(2)10(14)12-9-4-8(5-9)11-7(3)13/h6,8-9H,4-5H2,1-3H3,(H,11,13)(H,12,14)/t8-,9-. The lowest BCUT2D eigenvalue weighted by Gasteiger charge is -2.36. The van der Waals surface area contributed by atoms with Crippen LogP contribution in [-0.2, 0) is 9.59 Å². The number of carbonyl (C=O) groups is 2. The maximum atomic E-state index is 11.3. The van der Waals surface area contributed by atoms with Crippen LogP contribution >= 0.6 is 0 Å². The summed E-state index contributed by atoms with van der Waals surface area (Å²) >= 11 is 0. The lowest BCUT2D eigenvalue weighted by atomic mass is 9.86. The molecule has 1 aliphatic carbocycles. The summed E-state index contributed by atoms with van der Waals surface area (Å²) in [5.74, 6) is 0.134. The van der Waals surface area contributed by atoms with Gasteiger partial charge in [0, 0.05) is 24.9 Å². The Morgan fingerprint density at radius 2 is 1.64 bits per heavy atom. The molecular formula is C10H18N2O2. The van der Waals surface area contributed by atoms with E-state index in [2.05, 4.69) is 10.6 Å². The van der Waals surface area contributed by atoms with Crippen molar-refractivity contribution in [2.75, 3.05) is 0 Å². The van der Waals surface area contributed by atoms with E-state index in [1.54, 1.807) is 0 Å². The third-order valence-corrected chi connectivity index (χ3v) is 2.42. The number of nitrogens with one attached hydrogen (secondary N) is 2. The van der Waals surface area contributed by atoms with Gasteiger partial charge in [-0.1, -0.05) is 13.8 Å². The molecule has 0 heterocycles. The molecule has 0 aromatic rings. The molecule has 0 aromatic carbocycles. The first-order chi connectivity index (χ1) is 6.49. The van der Waals surface area contributed by atoms with E-state index >= 15 is 0 Å². The first-order valence-electron chi connectivity index (χ1n) is 5.06. The van der Waals surface area contributed by atoms with Crippen molar-refractivity contribution >= 4 is 11.8 Å². The summed E-state index contributed by atoms with van der Waals surface area (Å²) < 4.78 is 0. The number of carbonyl (C=O) groups excluding carboxylic acids is 2. The van der Waals surface area contributed by atoms with Crippen molar-refractivity contribution in [3.8, 4) is 0 Å². The molecule has 2 amide bonds. The van der Waals surface area contributed by atoms with Crippen LogP contribution < -0.4 is 10.6 Å². The van der Waals surface area contributed by atoms with Gasteiger partial charge in [0.1, 0.15) is 0 Å². The minimum atomic E-state index is 0.00337. The Morgan fingerprint density at radius 3 is 2.07 bits per heavy atom. The highest BCUT2D eigenvalue weighted by atomic mass is 16.2. The van der Waals surface area contributed by atoms with Crippen LogP contribution in [0.4, 0.5) is 0 Å². The summed E-state index contributed by atoms with van der Waals surface area (Å²) in [6, 6.07) is 0.506. The van der Waals surface area contributed by atoms with Crippen molar-refractivity contribution in [2.45, 2.75) is 45.7 Å². The number of hydrogen-bond acceptors (Lipinski definition) is 2. The van der Waals surface area contributed by atoms with Crippen molar-refractivity contribution in [3.63, 3.8) is 0 Å². The Hall–Kier alpha value is -1.06. The maximum absolute atomic E-state index is 11.3. The van der Waals surface area contributed by atoms with Gasteiger partial charge in [0.2, 0.25) is 11.8 Å². The minimum absolute atomic E-state index is 0.00337. The summed E-state index contributed by atoms with van der Waals surface area (Å²) in [5.41, 5.74) is 0. The number of hydrogen-bond donors (Lipinski definition) is 2. The second-order valence-electron chi connectivity index (χ2n) is 4.23. The van der Waals surface area contributed by atoms with E-state index in [0.29, 0.717) is 0 Å². The molecule has 2 N–H and O–H groups in total. The van der Waals surface area contributed by atoms with Crippen LogP contribution in [0.1, 0.15) is 33.6 Å². The summed E-state index contributed by atoms with van der Waals surface area (Å²) in [6.07, 6.45) is 1.72. The first kappa shape index (κ1) is 11.0. The molecule has 0 unspecified atom stereocenters. The van der Waals surface area contributed by atoms with Gasteiger partial charge in [-0.15, -0.1) is 0 Å². The van der Waals surface area contributed by atoms with Crippen molar-refractivity contribution < 1.29 is 9.59 Å². The van der Waals surface area contributed by atoms with Gasteiger partial charge in [0.15, 0.2) is 0 Å². The highest BCUT2D eigenvalue weighted by Gasteiger charge is 2.30. The smallest absolute Gasteiger partial charge is 0.222 e. The van der Waals surface area contributed by atoms with Gasteiger partial charge in [0.05, 0.1) is 0 Å². The van der Waals surface area contributed by atoms with E-state index in [1.165, 1.54) is 6.92 Å². The molecule has 1 aliphatic rings. The number of amides is 2. The zero-order valence-corrected chi connectivity index (χ0v) is 8.96. The van der Waals surface area contributed by atoms with Gasteiger partial charge < -0.3 is 10.6 Å². The molecule has 4 nitrogen and oxygen atoms in total. The average Bonchev–Trinajstić information content (AvgIpc) is 1.99. The van der Waals surface area contributed by atoms with Gasteiger partial charge in [-0.05, 0) is 12.8 Å². The van der Waals surface area contributed by atoms with Crippen molar-refractivity contribution in [1.29, 1.82) is 0 Å². The molecule has 80 valence electrons. The van der Waals surface area contributed by atoms with Crippen molar-refractivity contribution in [3.05, 3.63) is 0 Å². The SMILES string of the molecule is CC(=O)N[C@H]1C[C@H](NC(=O)C(C)C)C1. The Labute approximate surface area is 84.4 Å². The van der Waals surface area contributed by atoms with Crippen LogP contribution in [0.25, 0.3) is 0 Å². The van der Waals surface area contributed by atoms with E-state index in [0.717, 1.165) is 12.8 Å². The lowest BCUT2D eigenvalue weighted by molar-refractivity contribution is -0.125. The molecule has 14 heavy (non-hydrogen) atoms. The van der Waals surface area contributed by atoms with Crippen molar-refractivity contribution in [2.24, 2.45) is 5.92 Å². The molecule has 0 spiro atoms. The summed E-state index contributed by atoms with van der Waals surface area (Å²) in [7, 11) is 0.